The number of H-pyrrole nitrogens is 1. The summed E-state index contributed by atoms with van der Waals surface area (Å²) in [7, 11) is 1.86. The largest absolute Gasteiger partial charge is 0.345 e. The highest BCUT2D eigenvalue weighted by Crippen LogP contribution is 2.27. The summed E-state index contributed by atoms with van der Waals surface area (Å²) in [6.07, 6.45) is 4.28. The predicted octanol–water partition coefficient (Wildman–Crippen LogP) is 2.69. The number of hydrogen-bond donors (Lipinski definition) is 1. The van der Waals surface area contributed by atoms with Crippen LogP contribution >= 0.6 is 0 Å². The van der Waals surface area contributed by atoms with Crippen LogP contribution in [0.25, 0.3) is 0 Å². The van der Waals surface area contributed by atoms with Crippen LogP contribution in [0.4, 0.5) is 0 Å². The van der Waals surface area contributed by atoms with Gasteiger partial charge in [0.2, 0.25) is 5.91 Å². The smallest absolute Gasteiger partial charge is 0.226 e. The first-order valence-electron chi connectivity index (χ1n) is 8.27. The van der Waals surface area contributed by atoms with Crippen molar-refractivity contribution < 1.29 is 4.79 Å². The summed E-state index contributed by atoms with van der Waals surface area (Å²) in [6.45, 7) is 4.82. The molecule has 1 amide bonds. The van der Waals surface area contributed by atoms with Crippen LogP contribution in [0.5, 0.6) is 0 Å². The Morgan fingerprint density at radius 2 is 2.26 bits per heavy atom. The number of fused-ring (bicyclic) bond motifs is 1. The second-order valence-electron chi connectivity index (χ2n) is 6.66. The fourth-order valence-corrected chi connectivity index (χ4v) is 3.11. The van der Waals surface area contributed by atoms with Crippen LogP contribution in [0.2, 0.25) is 0 Å². The number of nitrogens with one attached hydrogen (secondary N) is 1. The van der Waals surface area contributed by atoms with Gasteiger partial charge in [0, 0.05) is 37.2 Å². The van der Waals surface area contributed by atoms with E-state index in [-0.39, 0.29) is 11.8 Å². The minimum Gasteiger partial charge on any atom is -0.345 e. The van der Waals surface area contributed by atoms with Crippen LogP contribution in [-0.2, 0) is 24.2 Å². The molecule has 0 aromatic carbocycles. The normalized spacial score (nSPS) is 17.1. The summed E-state index contributed by atoms with van der Waals surface area (Å²) in [5.41, 5.74) is 3.21. The number of carbonyl (C=O) groups excluding carboxylic acids is 1. The molecule has 1 aliphatic rings. The van der Waals surface area contributed by atoms with Gasteiger partial charge in [0.1, 0.15) is 5.82 Å². The predicted molar refractivity (Wildman–Crippen MR) is 88.9 cm³/mol. The van der Waals surface area contributed by atoms with Crippen molar-refractivity contribution in [2.24, 2.45) is 5.92 Å². The number of aromatic nitrogens is 3. The first-order chi connectivity index (χ1) is 11.0. The molecule has 122 valence electrons. The Hall–Kier alpha value is -2.17. The summed E-state index contributed by atoms with van der Waals surface area (Å²) in [5.74, 6) is 1.66. The average molecular weight is 312 g/mol. The van der Waals surface area contributed by atoms with E-state index in [0.29, 0.717) is 12.5 Å². The Morgan fingerprint density at radius 1 is 1.43 bits per heavy atom. The fraction of sp³-hybridized carbons (Fsp3) is 0.500. The zero-order valence-electron chi connectivity index (χ0n) is 14.0. The van der Waals surface area contributed by atoms with Crippen LogP contribution < -0.4 is 0 Å². The van der Waals surface area contributed by atoms with E-state index in [9.17, 15) is 4.79 Å². The topological polar surface area (TPSA) is 61.9 Å². The molecule has 1 N–H and O–H groups in total. The number of aryl methyl sites for hydroxylation is 1. The maximum Gasteiger partial charge on any atom is 0.226 e. The van der Waals surface area contributed by atoms with Gasteiger partial charge in [-0.1, -0.05) is 19.9 Å². The Bertz CT molecular complexity index is 678. The van der Waals surface area contributed by atoms with Gasteiger partial charge in [0.05, 0.1) is 17.9 Å². The summed E-state index contributed by atoms with van der Waals surface area (Å²) >= 11 is 0. The molecule has 5 nitrogen and oxygen atoms in total. The van der Waals surface area contributed by atoms with Crippen molar-refractivity contribution in [1.82, 2.24) is 19.9 Å². The summed E-state index contributed by atoms with van der Waals surface area (Å²) < 4.78 is 0. The zero-order valence-corrected chi connectivity index (χ0v) is 14.0. The minimum absolute atomic E-state index is 0.0386. The minimum atomic E-state index is 0.0386. The fourth-order valence-electron chi connectivity index (χ4n) is 3.11. The van der Waals surface area contributed by atoms with Gasteiger partial charge < -0.3 is 9.88 Å². The van der Waals surface area contributed by atoms with Crippen molar-refractivity contribution in [3.05, 3.63) is 47.3 Å². The standard InChI is InChI=1S/C18H24N4O/c1-12(2)17-20-15-8-7-13(10-16(15)21-17)18(23)22(3)11-14-6-4-5-9-19-14/h4-6,9,12-13H,7-8,10-11H2,1-3H3,(H,20,21)/t13-/m1/s1. The van der Waals surface area contributed by atoms with Crippen LogP contribution in [0, 0.1) is 5.92 Å². The Balaban J connectivity index is 1.66. The molecule has 3 rings (SSSR count). The second kappa shape index (κ2) is 6.52. The van der Waals surface area contributed by atoms with Crippen molar-refractivity contribution in [3.63, 3.8) is 0 Å². The number of carbonyl (C=O) groups is 1. The van der Waals surface area contributed by atoms with Crippen LogP contribution in [0.15, 0.2) is 24.4 Å². The lowest BCUT2D eigenvalue weighted by Gasteiger charge is -2.26. The molecule has 0 fully saturated rings. The summed E-state index contributed by atoms with van der Waals surface area (Å²) in [5, 5.41) is 0. The molecule has 0 spiro atoms. The molecule has 1 aliphatic carbocycles. The molecule has 5 heteroatoms. The molecule has 0 bridgehead atoms. The molecule has 0 saturated heterocycles. The zero-order chi connectivity index (χ0) is 16.4. The van der Waals surface area contributed by atoms with Crippen molar-refractivity contribution >= 4 is 5.91 Å². The molecule has 1 atom stereocenters. The van der Waals surface area contributed by atoms with Crippen molar-refractivity contribution in [2.45, 2.75) is 45.6 Å². The summed E-state index contributed by atoms with van der Waals surface area (Å²) in [6, 6.07) is 5.79. The quantitative estimate of drug-likeness (QED) is 0.944. The van der Waals surface area contributed by atoms with Gasteiger partial charge in [-0.05, 0) is 25.0 Å². The lowest BCUT2D eigenvalue weighted by molar-refractivity contribution is -0.135. The second-order valence-corrected chi connectivity index (χ2v) is 6.66. The summed E-state index contributed by atoms with van der Waals surface area (Å²) in [4.78, 5) is 26.9. The maximum atomic E-state index is 12.7. The first-order valence-corrected chi connectivity index (χ1v) is 8.27. The third-order valence-electron chi connectivity index (χ3n) is 4.46. The molecule has 2 heterocycles. The van der Waals surface area contributed by atoms with Crippen molar-refractivity contribution in [1.29, 1.82) is 0 Å². The molecule has 0 unspecified atom stereocenters. The monoisotopic (exact) mass is 312 g/mol. The van der Waals surface area contributed by atoms with Crippen molar-refractivity contribution in [2.75, 3.05) is 7.05 Å². The number of amides is 1. The van der Waals surface area contributed by atoms with E-state index >= 15 is 0 Å². The van der Waals surface area contributed by atoms with Crippen molar-refractivity contribution in [3.8, 4) is 0 Å². The van der Waals surface area contributed by atoms with E-state index in [1.54, 1.807) is 11.1 Å². The SMILES string of the molecule is CC(C)c1nc2c([nH]1)C[C@H](C(=O)N(C)Cc1ccccn1)CC2. The van der Waals surface area contributed by atoms with Crippen LogP contribution in [0.3, 0.4) is 0 Å². The molecular formula is C18H24N4O. The van der Waals surface area contributed by atoms with E-state index in [1.165, 1.54) is 0 Å². The van der Waals surface area contributed by atoms with Gasteiger partial charge in [-0.3, -0.25) is 9.78 Å². The maximum absolute atomic E-state index is 12.7. The van der Waals surface area contributed by atoms with Crippen LogP contribution in [-0.4, -0.2) is 32.8 Å². The van der Waals surface area contributed by atoms with E-state index in [4.69, 9.17) is 0 Å². The molecule has 2 aromatic rings. The highest BCUT2D eigenvalue weighted by Gasteiger charge is 2.29. The Kier molecular flexibility index (Phi) is 4.46. The molecule has 0 aliphatic heterocycles. The number of imidazole rings is 1. The third-order valence-corrected chi connectivity index (χ3v) is 4.46. The highest BCUT2D eigenvalue weighted by atomic mass is 16.2. The lowest BCUT2D eigenvalue weighted by atomic mass is 9.89. The molecule has 0 saturated carbocycles. The van der Waals surface area contributed by atoms with Gasteiger partial charge in [-0.25, -0.2) is 4.98 Å². The molecular weight excluding hydrogens is 288 g/mol. The van der Waals surface area contributed by atoms with E-state index < -0.39 is 0 Å². The van der Waals surface area contributed by atoms with E-state index in [1.807, 2.05) is 25.2 Å². The van der Waals surface area contributed by atoms with Gasteiger partial charge in [0.15, 0.2) is 0 Å². The lowest BCUT2D eigenvalue weighted by Crippen LogP contribution is -2.35. The Labute approximate surface area is 137 Å². The average Bonchev–Trinajstić information content (AvgIpc) is 2.98. The number of rotatable bonds is 4. The number of pyridine rings is 1. The van der Waals surface area contributed by atoms with Gasteiger partial charge in [0.25, 0.3) is 0 Å². The third kappa shape index (κ3) is 3.44. The molecule has 2 aromatic heterocycles. The van der Waals surface area contributed by atoms with Gasteiger partial charge in [-0.2, -0.15) is 0 Å². The first kappa shape index (κ1) is 15.7. The van der Waals surface area contributed by atoms with Crippen LogP contribution in [0.1, 0.15) is 49.1 Å². The van der Waals surface area contributed by atoms with E-state index in [2.05, 4.69) is 28.8 Å². The van der Waals surface area contributed by atoms with E-state index in [0.717, 1.165) is 42.2 Å². The molecule has 23 heavy (non-hydrogen) atoms. The number of aromatic amines is 1. The Morgan fingerprint density at radius 3 is 2.96 bits per heavy atom. The van der Waals surface area contributed by atoms with Gasteiger partial charge >= 0.3 is 0 Å². The number of nitrogens with zero attached hydrogens (tertiary/aromatic N) is 3. The highest BCUT2D eigenvalue weighted by molar-refractivity contribution is 5.79. The number of hydrogen-bond acceptors (Lipinski definition) is 3. The van der Waals surface area contributed by atoms with Gasteiger partial charge in [-0.15, -0.1) is 0 Å². The molecule has 0 radical (unpaired) electrons.